The molecule has 1 saturated heterocycles. The van der Waals surface area contributed by atoms with Gasteiger partial charge in [-0.1, -0.05) is 6.07 Å². The average molecular weight is 280 g/mol. The summed E-state index contributed by atoms with van der Waals surface area (Å²) in [5.41, 5.74) is 1.09. The van der Waals surface area contributed by atoms with Crippen molar-refractivity contribution in [2.24, 2.45) is 0 Å². The Labute approximate surface area is 112 Å². The first-order valence-electron chi connectivity index (χ1n) is 4.97. The van der Waals surface area contributed by atoms with Gasteiger partial charge in [0.2, 0.25) is 0 Å². The molecule has 1 N–H and O–H groups in total. The van der Waals surface area contributed by atoms with Crippen LogP contribution in [0.2, 0.25) is 0 Å². The normalized spacial score (nSPS) is 14.5. The first-order valence-corrected chi connectivity index (χ1v) is 4.97. The number of nitro groups is 1. The van der Waals surface area contributed by atoms with Crippen molar-refractivity contribution in [2.75, 3.05) is 31.1 Å². The van der Waals surface area contributed by atoms with E-state index in [1.54, 1.807) is 12.1 Å². The monoisotopic (exact) mass is 279 g/mol. The minimum Gasteiger partial charge on any atom is -0.369 e. The van der Waals surface area contributed by atoms with Crippen LogP contribution in [0.4, 0.5) is 11.4 Å². The van der Waals surface area contributed by atoms with E-state index >= 15 is 0 Å². The highest BCUT2D eigenvalue weighted by Gasteiger charge is 2.13. The molecule has 0 unspecified atom stereocenters. The van der Waals surface area contributed by atoms with Crippen LogP contribution in [-0.4, -0.2) is 31.1 Å². The van der Waals surface area contributed by atoms with Gasteiger partial charge in [0.15, 0.2) is 0 Å². The quantitative estimate of drug-likeness (QED) is 0.663. The van der Waals surface area contributed by atoms with Crippen LogP contribution in [0.5, 0.6) is 0 Å². The van der Waals surface area contributed by atoms with Crippen molar-refractivity contribution in [3.05, 3.63) is 34.4 Å². The average Bonchev–Trinajstić information content (AvgIpc) is 2.30. The molecule has 1 heterocycles. The third kappa shape index (κ3) is 4.03. The first kappa shape index (κ1) is 16.0. The Morgan fingerprint density at radius 1 is 1.24 bits per heavy atom. The summed E-state index contributed by atoms with van der Waals surface area (Å²) in [5.74, 6) is 0. The molecule has 1 aliphatic heterocycles. The van der Waals surface area contributed by atoms with Gasteiger partial charge in [-0.25, -0.2) is 0 Å². The van der Waals surface area contributed by atoms with Gasteiger partial charge >= 0.3 is 0 Å². The molecule has 1 aromatic rings. The summed E-state index contributed by atoms with van der Waals surface area (Å²) in [6.45, 7) is 3.67. The standard InChI is InChI=1S/C10H13N3O2.2ClH/c14-13(15)10-3-1-2-9(8-10)12-6-4-11-5-7-12;;/h1-3,8,11H,4-7H2;2*1H. The molecule has 0 atom stereocenters. The number of benzene rings is 1. The van der Waals surface area contributed by atoms with Crippen LogP contribution in [-0.2, 0) is 0 Å². The molecule has 0 spiro atoms. The molecule has 5 nitrogen and oxygen atoms in total. The topological polar surface area (TPSA) is 58.4 Å². The Bertz CT molecular complexity index is 370. The van der Waals surface area contributed by atoms with Gasteiger partial charge in [0.05, 0.1) is 4.92 Å². The number of hydrogen-bond donors (Lipinski definition) is 1. The zero-order valence-corrected chi connectivity index (χ0v) is 10.8. The number of halogens is 2. The second kappa shape index (κ2) is 7.32. The summed E-state index contributed by atoms with van der Waals surface area (Å²) < 4.78 is 0. The molecule has 0 saturated carbocycles. The van der Waals surface area contributed by atoms with Crippen LogP contribution in [0.1, 0.15) is 0 Å². The lowest BCUT2D eigenvalue weighted by Gasteiger charge is -2.29. The van der Waals surface area contributed by atoms with Gasteiger partial charge in [0, 0.05) is 44.0 Å². The molecule has 7 heteroatoms. The number of piperazine rings is 1. The summed E-state index contributed by atoms with van der Waals surface area (Å²) in [6.07, 6.45) is 0. The lowest BCUT2D eigenvalue weighted by atomic mass is 10.2. The summed E-state index contributed by atoms with van der Waals surface area (Å²) in [4.78, 5) is 12.4. The predicted octanol–water partition coefficient (Wildman–Crippen LogP) is 1.85. The van der Waals surface area contributed by atoms with Crippen LogP contribution >= 0.6 is 24.8 Å². The molecule has 0 amide bonds. The number of non-ortho nitro benzene ring substituents is 1. The number of nitro benzene ring substituents is 1. The maximum Gasteiger partial charge on any atom is 0.271 e. The molecule has 96 valence electrons. The maximum absolute atomic E-state index is 10.6. The van der Waals surface area contributed by atoms with Gasteiger partial charge in [0.25, 0.3) is 5.69 Å². The maximum atomic E-state index is 10.6. The van der Waals surface area contributed by atoms with Crippen molar-refractivity contribution in [3.63, 3.8) is 0 Å². The highest BCUT2D eigenvalue weighted by atomic mass is 35.5. The minimum absolute atomic E-state index is 0. The fourth-order valence-corrected chi connectivity index (χ4v) is 1.73. The van der Waals surface area contributed by atoms with E-state index in [9.17, 15) is 10.1 Å². The number of nitrogens with one attached hydrogen (secondary N) is 1. The van der Waals surface area contributed by atoms with Crippen LogP contribution in [0.3, 0.4) is 0 Å². The molecule has 0 bridgehead atoms. The summed E-state index contributed by atoms with van der Waals surface area (Å²) in [7, 11) is 0. The van der Waals surface area contributed by atoms with Gasteiger partial charge < -0.3 is 10.2 Å². The molecule has 0 aromatic heterocycles. The van der Waals surface area contributed by atoms with Crippen LogP contribution in [0.25, 0.3) is 0 Å². The van der Waals surface area contributed by atoms with E-state index in [2.05, 4.69) is 10.2 Å². The van der Waals surface area contributed by atoms with Crippen LogP contribution in [0, 0.1) is 10.1 Å². The Kier molecular flexibility index (Phi) is 6.87. The lowest BCUT2D eigenvalue weighted by molar-refractivity contribution is -0.384. The minimum atomic E-state index is -0.355. The van der Waals surface area contributed by atoms with E-state index in [4.69, 9.17) is 0 Å². The number of anilines is 1. The van der Waals surface area contributed by atoms with Crippen LogP contribution in [0.15, 0.2) is 24.3 Å². The molecule has 2 rings (SSSR count). The molecule has 1 fully saturated rings. The Hall–Kier alpha value is -1.04. The largest absolute Gasteiger partial charge is 0.369 e. The van der Waals surface area contributed by atoms with E-state index in [0.717, 1.165) is 31.9 Å². The highest BCUT2D eigenvalue weighted by molar-refractivity contribution is 5.85. The summed E-state index contributed by atoms with van der Waals surface area (Å²) in [6, 6.07) is 6.80. The third-order valence-electron chi connectivity index (χ3n) is 2.52. The van der Waals surface area contributed by atoms with Gasteiger partial charge in [-0.15, -0.1) is 24.8 Å². The molecular weight excluding hydrogens is 265 g/mol. The first-order chi connectivity index (χ1) is 7.27. The highest BCUT2D eigenvalue weighted by Crippen LogP contribution is 2.20. The predicted molar refractivity (Wildman–Crippen MR) is 72.7 cm³/mol. The molecule has 1 aromatic carbocycles. The van der Waals surface area contributed by atoms with Crippen molar-refractivity contribution < 1.29 is 4.92 Å². The molecule has 0 radical (unpaired) electrons. The second-order valence-corrected chi connectivity index (χ2v) is 3.51. The number of rotatable bonds is 2. The van der Waals surface area contributed by atoms with Gasteiger partial charge in [-0.3, -0.25) is 10.1 Å². The smallest absolute Gasteiger partial charge is 0.271 e. The molecule has 1 aliphatic rings. The van der Waals surface area contributed by atoms with E-state index in [-0.39, 0.29) is 35.4 Å². The third-order valence-corrected chi connectivity index (χ3v) is 2.52. The van der Waals surface area contributed by atoms with Crippen molar-refractivity contribution in [1.29, 1.82) is 0 Å². The lowest BCUT2D eigenvalue weighted by Crippen LogP contribution is -2.43. The molecule has 0 aliphatic carbocycles. The number of hydrogen-bond acceptors (Lipinski definition) is 4. The Balaban J connectivity index is 0.00000128. The fraction of sp³-hybridized carbons (Fsp3) is 0.400. The van der Waals surface area contributed by atoms with Gasteiger partial charge in [0.1, 0.15) is 0 Å². The van der Waals surface area contributed by atoms with Crippen molar-refractivity contribution in [2.45, 2.75) is 0 Å². The van der Waals surface area contributed by atoms with E-state index in [1.807, 2.05) is 6.07 Å². The molecular formula is C10H15Cl2N3O2. The summed E-state index contributed by atoms with van der Waals surface area (Å²) >= 11 is 0. The van der Waals surface area contributed by atoms with E-state index in [1.165, 1.54) is 6.07 Å². The Morgan fingerprint density at radius 3 is 2.47 bits per heavy atom. The van der Waals surface area contributed by atoms with E-state index < -0.39 is 0 Å². The second-order valence-electron chi connectivity index (χ2n) is 3.51. The van der Waals surface area contributed by atoms with Gasteiger partial charge in [-0.2, -0.15) is 0 Å². The number of nitrogens with zero attached hydrogens (tertiary/aromatic N) is 2. The van der Waals surface area contributed by atoms with Gasteiger partial charge in [-0.05, 0) is 6.07 Å². The summed E-state index contributed by atoms with van der Waals surface area (Å²) in [5, 5.41) is 13.9. The Morgan fingerprint density at radius 2 is 1.88 bits per heavy atom. The van der Waals surface area contributed by atoms with Crippen molar-refractivity contribution in [1.82, 2.24) is 5.32 Å². The molecule has 17 heavy (non-hydrogen) atoms. The fourth-order valence-electron chi connectivity index (χ4n) is 1.73. The van der Waals surface area contributed by atoms with Crippen LogP contribution < -0.4 is 10.2 Å². The zero-order chi connectivity index (χ0) is 10.7. The van der Waals surface area contributed by atoms with Crippen molar-refractivity contribution in [3.8, 4) is 0 Å². The van der Waals surface area contributed by atoms with Crippen molar-refractivity contribution >= 4 is 36.2 Å². The SMILES string of the molecule is Cl.Cl.O=[N+]([O-])c1cccc(N2CCNCC2)c1. The zero-order valence-electron chi connectivity index (χ0n) is 9.17. The van der Waals surface area contributed by atoms with E-state index in [0.29, 0.717) is 0 Å².